The Balaban J connectivity index is 2.99. The van der Waals surface area contributed by atoms with Gasteiger partial charge < -0.3 is 0 Å². The van der Waals surface area contributed by atoms with Gasteiger partial charge in [0.15, 0.2) is 0 Å². The van der Waals surface area contributed by atoms with Gasteiger partial charge >= 0.3 is 0 Å². The molecule has 0 N–H and O–H groups in total. The van der Waals surface area contributed by atoms with E-state index in [2.05, 4.69) is 31.4 Å². The molecule has 0 fully saturated rings. The third-order valence-corrected chi connectivity index (χ3v) is 1.49. The molecule has 0 aliphatic rings. The number of nitrogens with zero attached hydrogens (tertiary/aromatic N) is 1. The van der Waals surface area contributed by atoms with E-state index in [0.717, 1.165) is 19.0 Å². The van der Waals surface area contributed by atoms with E-state index >= 15 is 0 Å². The maximum absolute atomic E-state index is 4.10. The first-order valence-electron chi connectivity index (χ1n) is 2.68. The molecule has 0 saturated heterocycles. The van der Waals surface area contributed by atoms with Gasteiger partial charge in [0.05, 0.1) is 0 Å². The molecule has 0 aliphatic heterocycles. The third-order valence-electron chi connectivity index (χ3n) is 1.09. The maximum atomic E-state index is 4.10. The quantitative estimate of drug-likeness (QED) is 0.432. The lowest BCUT2D eigenvalue weighted by molar-refractivity contribution is 0.359. The fourth-order valence-electron chi connectivity index (χ4n) is 0.424. The highest BCUT2D eigenvalue weighted by atomic mass is 32.1. The molecule has 44 valence electrons. The van der Waals surface area contributed by atoms with Crippen molar-refractivity contribution < 1.29 is 0 Å². The van der Waals surface area contributed by atoms with Gasteiger partial charge in [-0.3, -0.25) is 4.90 Å². The molecule has 0 aromatic heterocycles. The van der Waals surface area contributed by atoms with Crippen LogP contribution in [0.2, 0.25) is 0 Å². The first kappa shape index (κ1) is 7.31. The van der Waals surface area contributed by atoms with Crippen molar-refractivity contribution >= 4 is 12.6 Å². The standard InChI is InChI=1S/C5H13NS/c1-3-6(4-2)5-7/h7H,3-5H2,1-2H3. The monoisotopic (exact) mass is 119 g/mol. The zero-order valence-corrected chi connectivity index (χ0v) is 5.91. The Labute approximate surface area is 51.1 Å². The van der Waals surface area contributed by atoms with Crippen LogP contribution in [0.15, 0.2) is 0 Å². The second-order valence-electron chi connectivity index (χ2n) is 1.44. The second kappa shape index (κ2) is 4.47. The Hall–Kier alpha value is 0.310. The van der Waals surface area contributed by atoms with Crippen molar-refractivity contribution in [3.8, 4) is 0 Å². The Morgan fingerprint density at radius 3 is 1.71 bits per heavy atom. The lowest BCUT2D eigenvalue weighted by atomic mass is 10.6. The van der Waals surface area contributed by atoms with Gasteiger partial charge in [0.1, 0.15) is 0 Å². The number of thiol groups is 1. The smallest absolute Gasteiger partial charge is 0.0414 e. The molecule has 0 amide bonds. The summed E-state index contributed by atoms with van der Waals surface area (Å²) in [5, 5.41) is 0. The van der Waals surface area contributed by atoms with Crippen LogP contribution in [0.3, 0.4) is 0 Å². The van der Waals surface area contributed by atoms with Crippen LogP contribution in [0, 0.1) is 0 Å². The molecule has 0 bridgehead atoms. The summed E-state index contributed by atoms with van der Waals surface area (Å²) in [4.78, 5) is 2.24. The summed E-state index contributed by atoms with van der Waals surface area (Å²) in [6, 6.07) is 0. The van der Waals surface area contributed by atoms with Crippen LogP contribution >= 0.6 is 12.6 Å². The summed E-state index contributed by atoms with van der Waals surface area (Å²) in [5.41, 5.74) is 0. The van der Waals surface area contributed by atoms with Gasteiger partial charge in [0.2, 0.25) is 0 Å². The van der Waals surface area contributed by atoms with Crippen LogP contribution in [0.1, 0.15) is 13.8 Å². The van der Waals surface area contributed by atoms with Crippen molar-refractivity contribution in [2.24, 2.45) is 0 Å². The highest BCUT2D eigenvalue weighted by Crippen LogP contribution is 1.86. The molecule has 0 aromatic rings. The molecular weight excluding hydrogens is 106 g/mol. The van der Waals surface area contributed by atoms with E-state index < -0.39 is 0 Å². The molecule has 0 radical (unpaired) electrons. The van der Waals surface area contributed by atoms with Crippen LogP contribution < -0.4 is 0 Å². The summed E-state index contributed by atoms with van der Waals surface area (Å²) < 4.78 is 0. The molecule has 0 atom stereocenters. The minimum absolute atomic E-state index is 0.882. The summed E-state index contributed by atoms with van der Waals surface area (Å²) in [6.45, 7) is 6.50. The lowest BCUT2D eigenvalue weighted by Crippen LogP contribution is -2.20. The zero-order chi connectivity index (χ0) is 5.70. The van der Waals surface area contributed by atoms with Gasteiger partial charge in [0.25, 0.3) is 0 Å². The van der Waals surface area contributed by atoms with E-state index in [0.29, 0.717) is 0 Å². The highest BCUT2D eigenvalue weighted by molar-refractivity contribution is 7.80. The van der Waals surface area contributed by atoms with Crippen molar-refractivity contribution in [1.82, 2.24) is 4.90 Å². The second-order valence-corrected chi connectivity index (χ2v) is 1.73. The van der Waals surface area contributed by atoms with Crippen LogP contribution in [0.25, 0.3) is 0 Å². The fourth-order valence-corrected chi connectivity index (χ4v) is 0.824. The molecule has 1 nitrogen and oxygen atoms in total. The lowest BCUT2D eigenvalue weighted by Gasteiger charge is -2.12. The van der Waals surface area contributed by atoms with E-state index in [-0.39, 0.29) is 0 Å². The predicted molar refractivity (Wildman–Crippen MR) is 36.8 cm³/mol. The molecular formula is C5H13NS. The van der Waals surface area contributed by atoms with Gasteiger partial charge in [-0.15, -0.1) is 0 Å². The molecule has 2 heteroatoms. The largest absolute Gasteiger partial charge is 0.295 e. The molecule has 0 unspecified atom stereocenters. The number of rotatable bonds is 3. The van der Waals surface area contributed by atoms with Gasteiger partial charge in [-0.1, -0.05) is 13.8 Å². The normalized spacial score (nSPS) is 10.3. The fraction of sp³-hybridized carbons (Fsp3) is 1.00. The van der Waals surface area contributed by atoms with Crippen LogP contribution in [-0.4, -0.2) is 23.9 Å². The molecule has 7 heavy (non-hydrogen) atoms. The van der Waals surface area contributed by atoms with E-state index in [4.69, 9.17) is 0 Å². The molecule has 0 saturated carbocycles. The SMILES string of the molecule is CCN(CC)CS. The van der Waals surface area contributed by atoms with Crippen LogP contribution in [-0.2, 0) is 0 Å². The maximum Gasteiger partial charge on any atom is 0.0414 e. The number of hydrogen-bond donors (Lipinski definition) is 1. The van der Waals surface area contributed by atoms with Gasteiger partial charge in [-0.2, -0.15) is 12.6 Å². The molecule has 0 heterocycles. The van der Waals surface area contributed by atoms with E-state index in [9.17, 15) is 0 Å². The molecule has 0 spiro atoms. The summed E-state index contributed by atoms with van der Waals surface area (Å²) in [7, 11) is 0. The van der Waals surface area contributed by atoms with Crippen molar-refractivity contribution in [2.45, 2.75) is 13.8 Å². The van der Waals surface area contributed by atoms with Crippen molar-refractivity contribution in [3.63, 3.8) is 0 Å². The molecule has 0 rings (SSSR count). The van der Waals surface area contributed by atoms with Crippen molar-refractivity contribution in [1.29, 1.82) is 0 Å². The molecule has 0 aromatic carbocycles. The van der Waals surface area contributed by atoms with Crippen LogP contribution in [0.5, 0.6) is 0 Å². The van der Waals surface area contributed by atoms with E-state index in [1.54, 1.807) is 0 Å². The van der Waals surface area contributed by atoms with Crippen LogP contribution in [0.4, 0.5) is 0 Å². The minimum atomic E-state index is 0.882. The van der Waals surface area contributed by atoms with Crippen molar-refractivity contribution in [3.05, 3.63) is 0 Å². The topological polar surface area (TPSA) is 3.24 Å². The average Bonchev–Trinajstić information content (AvgIpc) is 1.72. The Morgan fingerprint density at radius 2 is 1.71 bits per heavy atom. The Morgan fingerprint density at radius 1 is 1.29 bits per heavy atom. The average molecular weight is 119 g/mol. The summed E-state index contributed by atoms with van der Waals surface area (Å²) in [6.07, 6.45) is 0. The Bertz CT molecular complexity index is 29.6. The first-order chi connectivity index (χ1) is 3.35. The van der Waals surface area contributed by atoms with E-state index in [1.165, 1.54) is 0 Å². The number of hydrogen-bond acceptors (Lipinski definition) is 2. The first-order valence-corrected chi connectivity index (χ1v) is 3.31. The van der Waals surface area contributed by atoms with Gasteiger partial charge in [0, 0.05) is 5.88 Å². The van der Waals surface area contributed by atoms with Gasteiger partial charge in [-0.05, 0) is 13.1 Å². The summed E-state index contributed by atoms with van der Waals surface area (Å²) >= 11 is 4.10. The van der Waals surface area contributed by atoms with E-state index in [1.807, 2.05) is 0 Å². The Kier molecular flexibility index (Phi) is 4.67. The van der Waals surface area contributed by atoms with Gasteiger partial charge in [-0.25, -0.2) is 0 Å². The zero-order valence-electron chi connectivity index (χ0n) is 5.02. The molecule has 0 aliphatic carbocycles. The minimum Gasteiger partial charge on any atom is -0.295 e. The predicted octanol–water partition coefficient (Wildman–Crippen LogP) is 1.22. The summed E-state index contributed by atoms with van der Waals surface area (Å²) in [5.74, 6) is 0.882. The highest BCUT2D eigenvalue weighted by Gasteiger charge is 1.89. The van der Waals surface area contributed by atoms with Crippen molar-refractivity contribution in [2.75, 3.05) is 19.0 Å². The third kappa shape index (κ3) is 2.94.